The first kappa shape index (κ1) is 27.8. The molecule has 3 rings (SSSR count). The van der Waals surface area contributed by atoms with Crippen LogP contribution in [0.15, 0.2) is 41.3 Å². The van der Waals surface area contributed by atoms with E-state index in [9.17, 15) is 18.5 Å². The number of nitro groups is 1. The first-order chi connectivity index (χ1) is 17.4. The van der Waals surface area contributed by atoms with Gasteiger partial charge in [-0.15, -0.1) is 0 Å². The fourth-order valence-electron chi connectivity index (χ4n) is 3.32. The molecule has 1 aliphatic heterocycles. The zero-order chi connectivity index (χ0) is 25.8. The molecular formula is C24H31NO10S. The van der Waals surface area contributed by atoms with Crippen LogP contribution in [0.2, 0.25) is 0 Å². The second-order valence-electron chi connectivity index (χ2n) is 7.90. The van der Waals surface area contributed by atoms with Crippen LogP contribution in [0.3, 0.4) is 0 Å². The normalized spacial score (nSPS) is 17.0. The van der Waals surface area contributed by atoms with Gasteiger partial charge >= 0.3 is 0 Å². The molecule has 0 aliphatic carbocycles. The molecule has 0 saturated carbocycles. The molecule has 1 heterocycles. The summed E-state index contributed by atoms with van der Waals surface area (Å²) in [6.45, 7) is 4.92. The average Bonchev–Trinajstić information content (AvgIpc) is 2.84. The van der Waals surface area contributed by atoms with E-state index in [1.165, 1.54) is 24.3 Å². The van der Waals surface area contributed by atoms with Gasteiger partial charge in [0.2, 0.25) is 0 Å². The predicted octanol–water partition coefficient (Wildman–Crippen LogP) is 2.71. The van der Waals surface area contributed by atoms with Crippen LogP contribution >= 0.6 is 0 Å². The van der Waals surface area contributed by atoms with Crippen LogP contribution in [0.1, 0.15) is 11.1 Å². The summed E-state index contributed by atoms with van der Waals surface area (Å²) >= 11 is 0. The molecule has 0 aromatic heterocycles. The Balaban J connectivity index is 1.83. The molecule has 0 amide bonds. The van der Waals surface area contributed by atoms with Gasteiger partial charge in [0.05, 0.1) is 74.5 Å². The van der Waals surface area contributed by atoms with Crippen molar-refractivity contribution in [3.63, 3.8) is 0 Å². The fourth-order valence-corrected chi connectivity index (χ4v) is 4.68. The fraction of sp³-hybridized carbons (Fsp3) is 0.500. The summed E-state index contributed by atoms with van der Waals surface area (Å²) in [5.74, 6) is -0.276. The van der Waals surface area contributed by atoms with Gasteiger partial charge in [0, 0.05) is 5.56 Å². The number of nitro benzene ring substituents is 1. The van der Waals surface area contributed by atoms with E-state index in [0.717, 1.165) is 5.56 Å². The summed E-state index contributed by atoms with van der Waals surface area (Å²) in [5, 5.41) is 11.8. The van der Waals surface area contributed by atoms with Crippen molar-refractivity contribution in [2.45, 2.75) is 17.6 Å². The van der Waals surface area contributed by atoms with Crippen LogP contribution in [0, 0.1) is 17.0 Å². The van der Waals surface area contributed by atoms with Crippen molar-refractivity contribution in [1.82, 2.24) is 0 Å². The molecule has 198 valence electrons. The molecule has 0 fully saturated rings. The van der Waals surface area contributed by atoms with Gasteiger partial charge in [0.25, 0.3) is 5.69 Å². The van der Waals surface area contributed by atoms with E-state index < -0.39 is 20.5 Å². The smallest absolute Gasteiger partial charge is 0.277 e. The van der Waals surface area contributed by atoms with Crippen molar-refractivity contribution in [3.8, 4) is 11.5 Å². The maximum absolute atomic E-state index is 13.0. The minimum absolute atomic E-state index is 0.00668. The van der Waals surface area contributed by atoms with Gasteiger partial charge in [-0.05, 0) is 25.1 Å². The van der Waals surface area contributed by atoms with Crippen molar-refractivity contribution in [3.05, 3.63) is 57.6 Å². The van der Waals surface area contributed by atoms with Gasteiger partial charge in [-0.2, -0.15) is 0 Å². The number of rotatable bonds is 4. The van der Waals surface area contributed by atoms with Crippen molar-refractivity contribution in [2.75, 3.05) is 66.1 Å². The Morgan fingerprint density at radius 1 is 0.750 bits per heavy atom. The Morgan fingerprint density at radius 3 is 1.67 bits per heavy atom. The number of benzene rings is 2. The van der Waals surface area contributed by atoms with E-state index in [1.807, 2.05) is 6.92 Å². The van der Waals surface area contributed by atoms with Crippen molar-refractivity contribution in [1.29, 1.82) is 0 Å². The number of fused-ring (bicyclic) bond motifs is 1. The summed E-state index contributed by atoms with van der Waals surface area (Å²) in [5.41, 5.74) is 0.519. The van der Waals surface area contributed by atoms with E-state index in [2.05, 4.69) is 0 Å². The number of ether oxygens (including phenoxy) is 6. The van der Waals surface area contributed by atoms with E-state index in [1.54, 1.807) is 12.1 Å². The predicted molar refractivity (Wildman–Crippen MR) is 129 cm³/mol. The van der Waals surface area contributed by atoms with Crippen LogP contribution in [0.4, 0.5) is 5.69 Å². The molecule has 0 saturated heterocycles. The highest BCUT2D eigenvalue weighted by Gasteiger charge is 2.25. The first-order valence-corrected chi connectivity index (χ1v) is 13.2. The summed E-state index contributed by atoms with van der Waals surface area (Å²) < 4.78 is 59.2. The SMILES string of the molecule is Cc1ccc(S(=O)(=O)Cc2cc3c(cc2[N+](=O)[O-])OCCOCCOCCOCCOCCO3)cc1. The van der Waals surface area contributed by atoms with Crippen molar-refractivity contribution in [2.24, 2.45) is 0 Å². The third kappa shape index (κ3) is 8.71. The summed E-state index contributed by atoms with van der Waals surface area (Å²) in [4.78, 5) is 11.3. The average molecular weight is 526 g/mol. The highest BCUT2D eigenvalue weighted by Crippen LogP contribution is 2.36. The Labute approximate surface area is 210 Å². The molecular weight excluding hydrogens is 494 g/mol. The first-order valence-electron chi connectivity index (χ1n) is 11.5. The number of nitrogens with zero attached hydrogens (tertiary/aromatic N) is 1. The van der Waals surface area contributed by atoms with Gasteiger partial charge in [-0.1, -0.05) is 17.7 Å². The molecule has 0 unspecified atom stereocenters. The lowest BCUT2D eigenvalue weighted by atomic mass is 10.2. The van der Waals surface area contributed by atoms with E-state index in [4.69, 9.17) is 28.4 Å². The number of aryl methyl sites for hydroxylation is 1. The molecule has 12 heteroatoms. The van der Waals surface area contributed by atoms with Crippen LogP contribution in [0.25, 0.3) is 0 Å². The third-order valence-corrected chi connectivity index (χ3v) is 6.84. The molecule has 1 aliphatic rings. The second kappa shape index (κ2) is 14.1. The molecule has 2 aromatic rings. The Morgan fingerprint density at radius 2 is 1.19 bits per heavy atom. The van der Waals surface area contributed by atoms with Gasteiger partial charge in [0.1, 0.15) is 13.2 Å². The molecule has 0 spiro atoms. The highest BCUT2D eigenvalue weighted by molar-refractivity contribution is 7.90. The third-order valence-electron chi connectivity index (χ3n) is 5.15. The molecule has 0 bridgehead atoms. The van der Waals surface area contributed by atoms with Crippen LogP contribution in [-0.2, 0) is 34.5 Å². The molecule has 0 radical (unpaired) electrons. The standard InChI is InChI=1S/C24H31NO10S/c1-19-2-4-21(5-3-19)36(28,29)18-20-16-23-24(17-22(20)25(26)27)35-15-13-33-11-9-31-7-6-30-8-10-32-12-14-34-23/h2-5,16-17H,6-15,18H2,1H3. The van der Waals surface area contributed by atoms with Gasteiger partial charge in [0.15, 0.2) is 21.3 Å². The quantitative estimate of drug-likeness (QED) is 0.433. The largest absolute Gasteiger partial charge is 0.487 e. The summed E-state index contributed by atoms with van der Waals surface area (Å²) in [6.07, 6.45) is 0. The molecule has 36 heavy (non-hydrogen) atoms. The van der Waals surface area contributed by atoms with Crippen LogP contribution < -0.4 is 9.47 Å². The molecule has 2 aromatic carbocycles. The number of sulfone groups is 1. The zero-order valence-corrected chi connectivity index (χ0v) is 21.0. The Bertz CT molecular complexity index is 1090. The Hall–Kier alpha value is -2.77. The number of hydrogen-bond donors (Lipinski definition) is 0. The van der Waals surface area contributed by atoms with Crippen molar-refractivity contribution >= 4 is 15.5 Å². The van der Waals surface area contributed by atoms with Gasteiger partial charge < -0.3 is 28.4 Å². The zero-order valence-electron chi connectivity index (χ0n) is 20.2. The number of hydrogen-bond acceptors (Lipinski definition) is 10. The van der Waals surface area contributed by atoms with E-state index in [-0.39, 0.29) is 54.1 Å². The maximum Gasteiger partial charge on any atom is 0.277 e. The second-order valence-corrected chi connectivity index (χ2v) is 9.89. The summed E-state index contributed by atoms with van der Waals surface area (Å²) in [7, 11) is -3.85. The van der Waals surface area contributed by atoms with Crippen LogP contribution in [0.5, 0.6) is 11.5 Å². The van der Waals surface area contributed by atoms with Crippen LogP contribution in [-0.4, -0.2) is 79.4 Å². The van der Waals surface area contributed by atoms with Gasteiger partial charge in [-0.25, -0.2) is 8.42 Å². The minimum atomic E-state index is -3.85. The highest BCUT2D eigenvalue weighted by atomic mass is 32.2. The monoisotopic (exact) mass is 525 g/mol. The Kier molecular flexibility index (Phi) is 10.9. The lowest BCUT2D eigenvalue weighted by Gasteiger charge is -2.16. The maximum atomic E-state index is 13.0. The molecule has 0 atom stereocenters. The topological polar surface area (TPSA) is 133 Å². The van der Waals surface area contributed by atoms with E-state index in [0.29, 0.717) is 39.6 Å². The summed E-state index contributed by atoms with van der Waals surface area (Å²) in [6, 6.07) is 8.84. The van der Waals surface area contributed by atoms with E-state index >= 15 is 0 Å². The molecule has 11 nitrogen and oxygen atoms in total. The lowest BCUT2D eigenvalue weighted by Crippen LogP contribution is -2.16. The lowest BCUT2D eigenvalue weighted by molar-refractivity contribution is -0.385. The minimum Gasteiger partial charge on any atom is -0.487 e. The van der Waals surface area contributed by atoms with Crippen molar-refractivity contribution < 1.29 is 41.8 Å². The van der Waals surface area contributed by atoms with Gasteiger partial charge in [-0.3, -0.25) is 10.1 Å². The molecule has 0 N–H and O–H groups in total.